The van der Waals surface area contributed by atoms with E-state index in [1.54, 1.807) is 24.3 Å². The van der Waals surface area contributed by atoms with E-state index in [9.17, 15) is 14.4 Å². The number of fused-ring (bicyclic) bond motifs is 1. The quantitative estimate of drug-likeness (QED) is 0.721. The van der Waals surface area contributed by atoms with Crippen LogP contribution in [0.3, 0.4) is 0 Å². The lowest BCUT2D eigenvalue weighted by Crippen LogP contribution is -2.39. The Morgan fingerprint density at radius 3 is 2.26 bits per heavy atom. The second kappa shape index (κ2) is 8.01. The first-order valence-electron chi connectivity index (χ1n) is 8.69. The molecule has 0 bridgehead atoms. The zero-order valence-corrected chi connectivity index (χ0v) is 15.3. The Morgan fingerprint density at radius 2 is 1.59 bits per heavy atom. The molecule has 2 aromatic rings. The highest BCUT2D eigenvalue weighted by atomic mass is 16.2. The molecule has 140 valence electrons. The fourth-order valence-electron chi connectivity index (χ4n) is 3.18. The van der Waals surface area contributed by atoms with Gasteiger partial charge in [-0.1, -0.05) is 24.3 Å². The largest absolute Gasteiger partial charge is 0.346 e. The van der Waals surface area contributed by atoms with E-state index in [0.717, 1.165) is 6.54 Å². The van der Waals surface area contributed by atoms with Gasteiger partial charge < -0.3 is 16.0 Å². The maximum absolute atomic E-state index is 12.1. The van der Waals surface area contributed by atoms with Gasteiger partial charge in [0.15, 0.2) is 0 Å². The van der Waals surface area contributed by atoms with Crippen LogP contribution in [0.15, 0.2) is 48.5 Å². The molecular formula is C20H22N4O3. The molecule has 0 radical (unpaired) electrons. The van der Waals surface area contributed by atoms with Crippen LogP contribution < -0.4 is 16.0 Å². The van der Waals surface area contributed by atoms with Crippen molar-refractivity contribution in [3.05, 3.63) is 59.7 Å². The van der Waals surface area contributed by atoms with Gasteiger partial charge in [0, 0.05) is 31.4 Å². The Morgan fingerprint density at radius 1 is 0.963 bits per heavy atom. The predicted octanol–water partition coefficient (Wildman–Crippen LogP) is 1.89. The number of benzene rings is 2. The van der Waals surface area contributed by atoms with E-state index in [4.69, 9.17) is 0 Å². The number of rotatable bonds is 4. The summed E-state index contributed by atoms with van der Waals surface area (Å²) in [5.74, 6) is -1.58. The number of anilines is 2. The summed E-state index contributed by atoms with van der Waals surface area (Å²) in [4.78, 5) is 37.4. The van der Waals surface area contributed by atoms with Crippen molar-refractivity contribution in [1.82, 2.24) is 10.2 Å². The number of hydrogen-bond donors (Lipinski definition) is 3. The highest BCUT2D eigenvalue weighted by Gasteiger charge is 2.27. The molecule has 1 aliphatic rings. The van der Waals surface area contributed by atoms with Crippen LogP contribution in [0, 0.1) is 0 Å². The Labute approximate surface area is 157 Å². The third kappa shape index (κ3) is 4.51. The topological polar surface area (TPSA) is 90.5 Å². The van der Waals surface area contributed by atoms with Gasteiger partial charge in [0.25, 0.3) is 0 Å². The molecule has 1 atom stereocenters. The summed E-state index contributed by atoms with van der Waals surface area (Å²) < 4.78 is 0. The van der Waals surface area contributed by atoms with Gasteiger partial charge in [0.05, 0.1) is 6.04 Å². The van der Waals surface area contributed by atoms with Gasteiger partial charge in [-0.15, -0.1) is 0 Å². The number of carbonyl (C=O) groups excluding carboxylic acids is 3. The molecule has 1 heterocycles. The summed E-state index contributed by atoms with van der Waals surface area (Å²) in [6.07, 6.45) is 0. The molecule has 0 saturated heterocycles. The second-order valence-electron chi connectivity index (χ2n) is 6.55. The minimum atomic E-state index is -0.726. The van der Waals surface area contributed by atoms with E-state index in [-0.39, 0.29) is 11.9 Å². The lowest BCUT2D eigenvalue weighted by molar-refractivity contribution is -0.136. The van der Waals surface area contributed by atoms with Gasteiger partial charge in [-0.2, -0.15) is 0 Å². The van der Waals surface area contributed by atoms with Gasteiger partial charge in [0.1, 0.15) is 0 Å². The van der Waals surface area contributed by atoms with Crippen molar-refractivity contribution in [2.24, 2.45) is 0 Å². The van der Waals surface area contributed by atoms with Crippen LogP contribution in [0.25, 0.3) is 0 Å². The van der Waals surface area contributed by atoms with Gasteiger partial charge in [-0.3, -0.25) is 19.3 Å². The van der Waals surface area contributed by atoms with E-state index in [1.807, 2.05) is 25.2 Å². The van der Waals surface area contributed by atoms with Crippen molar-refractivity contribution in [1.29, 1.82) is 0 Å². The average molecular weight is 366 g/mol. The summed E-state index contributed by atoms with van der Waals surface area (Å²) in [6.45, 7) is 2.60. The highest BCUT2D eigenvalue weighted by Crippen LogP contribution is 2.31. The maximum Gasteiger partial charge on any atom is 0.313 e. The normalized spacial score (nSPS) is 15.7. The average Bonchev–Trinajstić information content (AvgIpc) is 2.96. The third-order valence-electron chi connectivity index (χ3n) is 4.49. The summed E-state index contributed by atoms with van der Waals surface area (Å²) in [5.41, 5.74) is 3.51. The molecule has 0 aliphatic carbocycles. The fraction of sp³-hybridized carbons (Fsp3) is 0.250. The zero-order valence-electron chi connectivity index (χ0n) is 15.3. The molecule has 2 aromatic carbocycles. The molecule has 3 amide bonds. The van der Waals surface area contributed by atoms with Gasteiger partial charge >= 0.3 is 11.8 Å². The number of nitrogens with one attached hydrogen (secondary N) is 3. The van der Waals surface area contributed by atoms with Gasteiger partial charge in [-0.25, -0.2) is 0 Å². The van der Waals surface area contributed by atoms with Crippen LogP contribution in [-0.4, -0.2) is 36.2 Å². The van der Waals surface area contributed by atoms with E-state index in [2.05, 4.69) is 26.9 Å². The van der Waals surface area contributed by atoms with Crippen molar-refractivity contribution in [2.75, 3.05) is 24.2 Å². The van der Waals surface area contributed by atoms with Gasteiger partial charge in [-0.05, 0) is 42.4 Å². The summed E-state index contributed by atoms with van der Waals surface area (Å²) >= 11 is 0. The van der Waals surface area contributed by atoms with E-state index in [0.29, 0.717) is 17.9 Å². The Hall–Kier alpha value is -3.19. The van der Waals surface area contributed by atoms with Crippen LogP contribution in [-0.2, 0) is 20.9 Å². The van der Waals surface area contributed by atoms with Crippen LogP contribution >= 0.6 is 0 Å². The maximum atomic E-state index is 12.1. The number of carbonyl (C=O) groups is 3. The zero-order chi connectivity index (χ0) is 19.4. The molecule has 27 heavy (non-hydrogen) atoms. The van der Waals surface area contributed by atoms with Crippen LogP contribution in [0.4, 0.5) is 11.4 Å². The third-order valence-corrected chi connectivity index (χ3v) is 4.49. The van der Waals surface area contributed by atoms with Crippen LogP contribution in [0.5, 0.6) is 0 Å². The first-order valence-corrected chi connectivity index (χ1v) is 8.69. The lowest BCUT2D eigenvalue weighted by Gasteiger charge is -2.20. The smallest absolute Gasteiger partial charge is 0.313 e. The standard InChI is InChI=1S/C20H22N4O3/c1-13(25)22-15-7-9-16(10-8-15)23-20(27)19(26)21-11-18-17-6-4-3-5-14(17)12-24(18)2/h3-10,18H,11-12H2,1-2H3,(H,21,26)(H,22,25)(H,23,27). The summed E-state index contributed by atoms with van der Waals surface area (Å²) in [6, 6.07) is 14.7. The minimum Gasteiger partial charge on any atom is -0.346 e. The lowest BCUT2D eigenvalue weighted by atomic mass is 10.1. The van der Waals surface area contributed by atoms with Crippen LogP contribution in [0.1, 0.15) is 24.1 Å². The molecular weight excluding hydrogens is 344 g/mol. The highest BCUT2D eigenvalue weighted by molar-refractivity contribution is 6.39. The number of amides is 3. The second-order valence-corrected chi connectivity index (χ2v) is 6.55. The molecule has 0 fully saturated rings. The predicted molar refractivity (Wildman–Crippen MR) is 103 cm³/mol. The molecule has 0 saturated carbocycles. The molecule has 0 aromatic heterocycles. The summed E-state index contributed by atoms with van der Waals surface area (Å²) in [7, 11) is 1.99. The monoisotopic (exact) mass is 366 g/mol. The Bertz CT molecular complexity index is 864. The summed E-state index contributed by atoms with van der Waals surface area (Å²) in [5, 5.41) is 7.89. The first kappa shape index (κ1) is 18.6. The molecule has 0 spiro atoms. The molecule has 1 aliphatic heterocycles. The van der Waals surface area contributed by atoms with Crippen LogP contribution in [0.2, 0.25) is 0 Å². The molecule has 3 N–H and O–H groups in total. The molecule has 7 heteroatoms. The Kier molecular flexibility index (Phi) is 5.52. The number of nitrogens with zero attached hydrogens (tertiary/aromatic N) is 1. The van der Waals surface area contributed by atoms with E-state index < -0.39 is 11.8 Å². The van der Waals surface area contributed by atoms with Gasteiger partial charge in [0.2, 0.25) is 5.91 Å². The Balaban J connectivity index is 1.54. The number of likely N-dealkylation sites (N-methyl/N-ethyl adjacent to an activating group) is 1. The van der Waals surface area contributed by atoms with E-state index >= 15 is 0 Å². The van der Waals surface area contributed by atoms with Crippen molar-refractivity contribution in [2.45, 2.75) is 19.5 Å². The molecule has 3 rings (SSSR count). The fourth-order valence-corrected chi connectivity index (χ4v) is 3.18. The number of hydrogen-bond acceptors (Lipinski definition) is 4. The molecule has 7 nitrogen and oxygen atoms in total. The van der Waals surface area contributed by atoms with E-state index in [1.165, 1.54) is 18.1 Å². The minimum absolute atomic E-state index is 0.0508. The van der Waals surface area contributed by atoms with Crippen molar-refractivity contribution in [3.8, 4) is 0 Å². The van der Waals surface area contributed by atoms with Crippen molar-refractivity contribution < 1.29 is 14.4 Å². The SMILES string of the molecule is CC(=O)Nc1ccc(NC(=O)C(=O)NCC2c3ccccc3CN2C)cc1. The van der Waals surface area contributed by atoms with Crippen molar-refractivity contribution >= 4 is 29.1 Å². The van der Waals surface area contributed by atoms with Crippen molar-refractivity contribution in [3.63, 3.8) is 0 Å². The molecule has 1 unspecified atom stereocenters. The first-order chi connectivity index (χ1) is 12.9.